The van der Waals surface area contributed by atoms with E-state index in [1.807, 2.05) is 17.5 Å². The maximum Gasteiger partial charge on any atom is 0.177 e. The van der Waals surface area contributed by atoms with Crippen LogP contribution in [0.4, 0.5) is 0 Å². The molecule has 20 heavy (non-hydrogen) atoms. The van der Waals surface area contributed by atoms with Crippen molar-refractivity contribution in [2.75, 3.05) is 0 Å². The SMILES string of the molecule is N#Cc1c(-c2cccs2)c2c(=S)[nH]c(=S)[nH]c2[nH]c1=S. The number of thiophene rings is 1. The third-order valence-corrected chi connectivity index (χ3v) is 4.49. The van der Waals surface area contributed by atoms with E-state index < -0.39 is 0 Å². The Balaban J connectivity index is 2.66. The van der Waals surface area contributed by atoms with Crippen LogP contribution in [-0.2, 0) is 0 Å². The average molecular weight is 334 g/mol. The molecule has 0 saturated carbocycles. The van der Waals surface area contributed by atoms with Gasteiger partial charge in [0.25, 0.3) is 0 Å². The van der Waals surface area contributed by atoms with Crippen LogP contribution in [0.5, 0.6) is 0 Å². The highest BCUT2D eigenvalue weighted by Crippen LogP contribution is 2.34. The maximum atomic E-state index is 9.40. The molecule has 0 bridgehead atoms. The summed E-state index contributed by atoms with van der Waals surface area (Å²) in [5.41, 5.74) is 1.79. The van der Waals surface area contributed by atoms with E-state index in [0.29, 0.717) is 25.3 Å². The van der Waals surface area contributed by atoms with Crippen molar-refractivity contribution in [2.45, 2.75) is 0 Å². The molecule has 0 unspecified atom stereocenters. The number of nitrogens with one attached hydrogen (secondary N) is 3. The van der Waals surface area contributed by atoms with Crippen molar-refractivity contribution >= 4 is 59.0 Å². The monoisotopic (exact) mass is 334 g/mol. The van der Waals surface area contributed by atoms with Crippen LogP contribution in [-0.4, -0.2) is 15.0 Å². The standard InChI is InChI=1S/C12H6N4S4/c13-4-5-7(6-2-1-3-20-6)8-9(14-10(5)17)15-12(19)16-11(8)18/h1-3H,(H3,14,15,16,17,18,19). The fourth-order valence-electron chi connectivity index (χ4n) is 2.01. The smallest absolute Gasteiger partial charge is 0.177 e. The summed E-state index contributed by atoms with van der Waals surface area (Å²) in [5.74, 6) is 0. The summed E-state index contributed by atoms with van der Waals surface area (Å²) in [6.07, 6.45) is 0. The zero-order valence-corrected chi connectivity index (χ0v) is 13.1. The predicted molar refractivity (Wildman–Crippen MR) is 87.5 cm³/mol. The molecule has 3 rings (SSSR count). The molecule has 98 valence electrons. The lowest BCUT2D eigenvalue weighted by Gasteiger charge is -2.08. The first kappa shape index (κ1) is 13.3. The van der Waals surface area contributed by atoms with Crippen molar-refractivity contribution in [3.05, 3.63) is 37.1 Å². The summed E-state index contributed by atoms with van der Waals surface area (Å²) in [5, 5.41) is 12.1. The first-order valence-corrected chi connectivity index (χ1v) is 7.59. The van der Waals surface area contributed by atoms with Gasteiger partial charge >= 0.3 is 0 Å². The molecule has 3 aromatic heterocycles. The number of nitrogens with zero attached hydrogens (tertiary/aromatic N) is 1. The number of nitriles is 1. The van der Waals surface area contributed by atoms with Gasteiger partial charge in [0, 0.05) is 10.4 Å². The Kier molecular flexibility index (Phi) is 3.35. The molecule has 0 aliphatic rings. The highest BCUT2D eigenvalue weighted by atomic mass is 32.1. The minimum Gasteiger partial charge on any atom is -0.331 e. The molecule has 4 nitrogen and oxygen atoms in total. The van der Waals surface area contributed by atoms with E-state index in [1.54, 1.807) is 0 Å². The molecule has 0 aliphatic carbocycles. The minimum absolute atomic E-state index is 0.370. The van der Waals surface area contributed by atoms with Crippen LogP contribution >= 0.6 is 48.0 Å². The van der Waals surface area contributed by atoms with Crippen LogP contribution in [0, 0.1) is 25.4 Å². The zero-order valence-electron chi connectivity index (χ0n) is 9.81. The third kappa shape index (κ3) is 2.05. The van der Waals surface area contributed by atoms with E-state index >= 15 is 0 Å². The summed E-state index contributed by atoms with van der Waals surface area (Å²) >= 11 is 17.2. The molecule has 0 spiro atoms. The Labute approximate surface area is 132 Å². The summed E-state index contributed by atoms with van der Waals surface area (Å²) in [7, 11) is 0. The van der Waals surface area contributed by atoms with Crippen molar-refractivity contribution in [1.82, 2.24) is 15.0 Å². The van der Waals surface area contributed by atoms with Gasteiger partial charge in [-0.05, 0) is 23.7 Å². The zero-order chi connectivity index (χ0) is 14.3. The molecule has 0 atom stereocenters. The van der Waals surface area contributed by atoms with Crippen molar-refractivity contribution < 1.29 is 0 Å². The largest absolute Gasteiger partial charge is 0.331 e. The number of aromatic nitrogens is 3. The number of H-pyrrole nitrogens is 3. The van der Waals surface area contributed by atoms with Crippen LogP contribution in [0.3, 0.4) is 0 Å². The van der Waals surface area contributed by atoms with E-state index in [4.69, 9.17) is 36.7 Å². The number of pyridine rings is 1. The average Bonchev–Trinajstić information content (AvgIpc) is 2.90. The Morgan fingerprint density at radius 2 is 1.90 bits per heavy atom. The van der Waals surface area contributed by atoms with Gasteiger partial charge in [-0.1, -0.05) is 30.5 Å². The van der Waals surface area contributed by atoms with Gasteiger partial charge in [0.05, 0.1) is 10.9 Å². The number of hydrogen-bond acceptors (Lipinski definition) is 5. The lowest BCUT2D eigenvalue weighted by Crippen LogP contribution is -1.96. The van der Waals surface area contributed by atoms with Crippen molar-refractivity contribution in [1.29, 1.82) is 5.26 Å². The summed E-state index contributed by atoms with van der Waals surface area (Å²) in [6.45, 7) is 0. The summed E-state index contributed by atoms with van der Waals surface area (Å²) in [4.78, 5) is 9.81. The lowest BCUT2D eigenvalue weighted by atomic mass is 10.1. The molecule has 0 radical (unpaired) electrons. The quantitative estimate of drug-likeness (QED) is 0.568. The van der Waals surface area contributed by atoms with E-state index in [-0.39, 0.29) is 0 Å². The lowest BCUT2D eigenvalue weighted by molar-refractivity contribution is 1.13. The Bertz CT molecular complexity index is 1010. The molecular weight excluding hydrogens is 328 g/mol. The fourth-order valence-corrected chi connectivity index (χ4v) is 3.61. The Hall–Kier alpha value is -1.66. The predicted octanol–water partition coefficient (Wildman–Crippen LogP) is 4.61. The van der Waals surface area contributed by atoms with Crippen LogP contribution in [0.25, 0.3) is 21.5 Å². The van der Waals surface area contributed by atoms with Gasteiger partial charge in [0.2, 0.25) is 0 Å². The van der Waals surface area contributed by atoms with E-state index in [0.717, 1.165) is 15.8 Å². The van der Waals surface area contributed by atoms with Gasteiger partial charge in [0.15, 0.2) is 4.77 Å². The topological polar surface area (TPSA) is 71.2 Å². The second-order valence-electron chi connectivity index (χ2n) is 3.95. The summed E-state index contributed by atoms with van der Waals surface area (Å²) < 4.78 is 1.26. The molecule has 0 saturated heterocycles. The van der Waals surface area contributed by atoms with Crippen LogP contribution in [0.15, 0.2) is 17.5 Å². The summed E-state index contributed by atoms with van der Waals surface area (Å²) in [6, 6.07) is 6.01. The van der Waals surface area contributed by atoms with Gasteiger partial charge in [-0.15, -0.1) is 11.3 Å². The molecule has 8 heteroatoms. The Morgan fingerprint density at radius 3 is 2.55 bits per heavy atom. The van der Waals surface area contributed by atoms with Gasteiger partial charge in [-0.25, -0.2) is 0 Å². The van der Waals surface area contributed by atoms with Crippen LogP contribution < -0.4 is 0 Å². The van der Waals surface area contributed by atoms with Gasteiger partial charge in [0.1, 0.15) is 21.0 Å². The normalized spacial score (nSPS) is 10.6. The molecule has 0 aromatic carbocycles. The first-order chi connectivity index (χ1) is 9.61. The molecule has 3 heterocycles. The second kappa shape index (κ2) is 5.03. The third-order valence-electron chi connectivity index (χ3n) is 2.79. The molecule has 3 N–H and O–H groups in total. The van der Waals surface area contributed by atoms with E-state index in [9.17, 15) is 5.26 Å². The highest BCUT2D eigenvalue weighted by Gasteiger charge is 2.15. The van der Waals surface area contributed by atoms with Crippen molar-refractivity contribution in [2.24, 2.45) is 0 Å². The second-order valence-corrected chi connectivity index (χ2v) is 6.12. The molecule has 3 aromatic rings. The van der Waals surface area contributed by atoms with Crippen LogP contribution in [0.1, 0.15) is 5.56 Å². The van der Waals surface area contributed by atoms with Crippen molar-refractivity contribution in [3.63, 3.8) is 0 Å². The number of hydrogen-bond donors (Lipinski definition) is 3. The van der Waals surface area contributed by atoms with E-state index in [1.165, 1.54) is 11.3 Å². The molecular formula is C12H6N4S4. The number of fused-ring (bicyclic) bond motifs is 1. The molecule has 0 aliphatic heterocycles. The fraction of sp³-hybridized carbons (Fsp3) is 0. The minimum atomic E-state index is 0.370. The highest BCUT2D eigenvalue weighted by molar-refractivity contribution is 7.72. The van der Waals surface area contributed by atoms with Gasteiger partial charge < -0.3 is 15.0 Å². The van der Waals surface area contributed by atoms with E-state index in [2.05, 4.69) is 21.0 Å². The Morgan fingerprint density at radius 1 is 1.10 bits per heavy atom. The van der Waals surface area contributed by atoms with Gasteiger partial charge in [-0.3, -0.25) is 0 Å². The number of rotatable bonds is 1. The van der Waals surface area contributed by atoms with Gasteiger partial charge in [-0.2, -0.15) is 5.26 Å². The maximum absolute atomic E-state index is 9.40. The molecule has 0 amide bonds. The number of aromatic amines is 3. The first-order valence-electron chi connectivity index (χ1n) is 5.48. The van der Waals surface area contributed by atoms with Crippen molar-refractivity contribution in [3.8, 4) is 16.5 Å². The molecule has 0 fully saturated rings. The van der Waals surface area contributed by atoms with Crippen LogP contribution in [0.2, 0.25) is 0 Å².